The molecule has 0 unspecified atom stereocenters. The van der Waals surface area contributed by atoms with Crippen molar-refractivity contribution in [3.05, 3.63) is 60.3 Å². The van der Waals surface area contributed by atoms with E-state index in [4.69, 9.17) is 4.74 Å². The van der Waals surface area contributed by atoms with E-state index in [9.17, 15) is 18.3 Å². The van der Waals surface area contributed by atoms with Crippen molar-refractivity contribution in [3.63, 3.8) is 0 Å². The molecule has 0 saturated carbocycles. The van der Waals surface area contributed by atoms with E-state index in [1.54, 1.807) is 30.3 Å². The number of aromatic hydroxyl groups is 1. The third kappa shape index (κ3) is 4.52. The van der Waals surface area contributed by atoms with Gasteiger partial charge in [0.25, 0.3) is 5.91 Å². The fourth-order valence-corrected chi connectivity index (χ4v) is 5.24. The number of hydrogen-bond acceptors (Lipinski definition) is 6. The maximum absolute atomic E-state index is 12.9. The molecule has 2 aromatic carbocycles. The van der Waals surface area contributed by atoms with Crippen LogP contribution in [0.15, 0.2) is 59.5 Å². The summed E-state index contributed by atoms with van der Waals surface area (Å²) >= 11 is 0. The van der Waals surface area contributed by atoms with Crippen LogP contribution in [0.25, 0.3) is 11.3 Å². The zero-order chi connectivity index (χ0) is 22.9. The van der Waals surface area contributed by atoms with Crippen molar-refractivity contribution in [2.75, 3.05) is 18.4 Å². The molecule has 0 spiro atoms. The van der Waals surface area contributed by atoms with E-state index in [-0.39, 0.29) is 28.5 Å². The predicted octanol–water partition coefficient (Wildman–Crippen LogP) is 2.83. The smallest absolute Gasteiger partial charge is 0.273 e. The van der Waals surface area contributed by atoms with Gasteiger partial charge >= 0.3 is 0 Å². The molecule has 0 radical (unpaired) electrons. The Hall–Kier alpha value is -3.21. The highest BCUT2D eigenvalue weighted by atomic mass is 32.2. The third-order valence-corrected chi connectivity index (χ3v) is 6.98. The summed E-state index contributed by atoms with van der Waals surface area (Å²) in [5.74, 6) is -0.377. The number of rotatable bonds is 5. The largest absolute Gasteiger partial charge is 0.507 e. The van der Waals surface area contributed by atoms with E-state index in [0.29, 0.717) is 30.0 Å². The molecule has 1 aliphatic rings. The normalized spacial score (nSPS) is 19.6. The fourth-order valence-electron chi connectivity index (χ4n) is 3.65. The van der Waals surface area contributed by atoms with E-state index in [2.05, 4.69) is 15.5 Å². The Morgan fingerprint density at radius 1 is 1.12 bits per heavy atom. The zero-order valence-electron chi connectivity index (χ0n) is 17.6. The molecule has 1 fully saturated rings. The second-order valence-corrected chi connectivity index (χ2v) is 9.68. The second-order valence-electron chi connectivity index (χ2n) is 7.74. The lowest BCUT2D eigenvalue weighted by Gasteiger charge is -2.34. The van der Waals surface area contributed by atoms with Gasteiger partial charge in [-0.05, 0) is 56.3 Å². The van der Waals surface area contributed by atoms with Crippen molar-refractivity contribution in [3.8, 4) is 17.0 Å². The number of para-hydroxylation sites is 1. The highest BCUT2D eigenvalue weighted by Gasteiger charge is 2.32. The Morgan fingerprint density at radius 2 is 1.78 bits per heavy atom. The van der Waals surface area contributed by atoms with Gasteiger partial charge < -0.3 is 15.2 Å². The first-order chi connectivity index (χ1) is 15.2. The van der Waals surface area contributed by atoms with Gasteiger partial charge in [-0.25, -0.2) is 8.42 Å². The number of anilines is 1. The minimum atomic E-state index is -3.66. The maximum Gasteiger partial charge on any atom is 0.273 e. The number of carbonyl (C=O) groups is 1. The van der Waals surface area contributed by atoms with Crippen LogP contribution in [-0.2, 0) is 14.8 Å². The minimum Gasteiger partial charge on any atom is -0.507 e. The number of phenolic OH excluding ortho intramolecular Hbond substituents is 1. The molecule has 168 valence electrons. The van der Waals surface area contributed by atoms with E-state index in [1.165, 1.54) is 28.6 Å². The van der Waals surface area contributed by atoms with Gasteiger partial charge in [0.15, 0.2) is 0 Å². The number of nitrogens with zero attached hydrogens (tertiary/aromatic N) is 2. The van der Waals surface area contributed by atoms with Crippen LogP contribution < -0.4 is 5.32 Å². The number of morpholine rings is 1. The molecule has 2 heterocycles. The molecule has 1 aliphatic heterocycles. The molecule has 10 heteroatoms. The number of H-pyrrole nitrogens is 1. The van der Waals surface area contributed by atoms with Gasteiger partial charge in [0, 0.05) is 24.3 Å². The Balaban J connectivity index is 1.46. The summed E-state index contributed by atoms with van der Waals surface area (Å²) in [7, 11) is -3.66. The number of hydrogen-bond donors (Lipinski definition) is 3. The van der Waals surface area contributed by atoms with Gasteiger partial charge in [0.2, 0.25) is 10.0 Å². The second kappa shape index (κ2) is 8.73. The van der Waals surface area contributed by atoms with Gasteiger partial charge in [-0.2, -0.15) is 9.40 Å². The van der Waals surface area contributed by atoms with Gasteiger partial charge in [-0.3, -0.25) is 9.89 Å². The van der Waals surface area contributed by atoms with Crippen molar-refractivity contribution in [1.82, 2.24) is 14.5 Å². The van der Waals surface area contributed by atoms with Crippen LogP contribution in [0.1, 0.15) is 24.3 Å². The topological polar surface area (TPSA) is 125 Å². The van der Waals surface area contributed by atoms with Crippen LogP contribution in [0.4, 0.5) is 5.69 Å². The quantitative estimate of drug-likeness (QED) is 0.542. The van der Waals surface area contributed by atoms with E-state index in [0.717, 1.165) is 0 Å². The molecule has 3 aromatic rings. The van der Waals surface area contributed by atoms with Crippen molar-refractivity contribution in [2.24, 2.45) is 0 Å². The van der Waals surface area contributed by atoms with Gasteiger partial charge in [-0.15, -0.1) is 0 Å². The molecule has 3 N–H and O–H groups in total. The van der Waals surface area contributed by atoms with Gasteiger partial charge in [0.1, 0.15) is 11.4 Å². The highest BCUT2D eigenvalue weighted by Crippen LogP contribution is 2.27. The number of ether oxygens (including phenoxy) is 1. The summed E-state index contributed by atoms with van der Waals surface area (Å²) in [5, 5.41) is 19.4. The maximum atomic E-state index is 12.9. The van der Waals surface area contributed by atoms with Crippen LogP contribution in [0.5, 0.6) is 5.75 Å². The standard InChI is InChI=1S/C22H24N4O5S/c1-14-12-26(13-15(2)31-14)32(29,30)17-9-7-16(8-10-17)23-22(28)20-11-19(24-25-20)18-5-3-4-6-21(18)27/h3-11,14-15,27H,12-13H2,1-2H3,(H,23,28)(H,24,25)/t14-,15+. The van der Waals surface area contributed by atoms with E-state index >= 15 is 0 Å². The average Bonchev–Trinajstić information content (AvgIpc) is 3.24. The number of phenols is 1. The number of carbonyl (C=O) groups excluding carboxylic acids is 1. The number of aromatic nitrogens is 2. The lowest BCUT2D eigenvalue weighted by molar-refractivity contribution is -0.0440. The molecule has 1 saturated heterocycles. The summed E-state index contributed by atoms with van der Waals surface area (Å²) in [6.07, 6.45) is -0.353. The zero-order valence-corrected chi connectivity index (χ0v) is 18.5. The minimum absolute atomic E-state index is 0.0619. The number of benzene rings is 2. The van der Waals surface area contributed by atoms with E-state index in [1.807, 2.05) is 13.8 Å². The summed E-state index contributed by atoms with van der Waals surface area (Å²) in [6.45, 7) is 4.28. The molecule has 4 rings (SSSR count). The van der Waals surface area contributed by atoms with Gasteiger partial charge in [-0.1, -0.05) is 12.1 Å². The monoisotopic (exact) mass is 456 g/mol. The molecule has 0 aliphatic carbocycles. The molecular formula is C22H24N4O5S. The molecule has 9 nitrogen and oxygen atoms in total. The Bertz CT molecular complexity index is 1210. The molecule has 1 amide bonds. The summed E-state index contributed by atoms with van der Waals surface area (Å²) < 4.78 is 32.9. The Labute approximate surface area is 186 Å². The Kier molecular flexibility index (Phi) is 6.00. The highest BCUT2D eigenvalue weighted by molar-refractivity contribution is 7.89. The Morgan fingerprint density at radius 3 is 2.44 bits per heavy atom. The molecule has 2 atom stereocenters. The number of sulfonamides is 1. The molecular weight excluding hydrogens is 432 g/mol. The lowest BCUT2D eigenvalue weighted by Crippen LogP contribution is -2.48. The van der Waals surface area contributed by atoms with Gasteiger partial charge in [0.05, 0.1) is 22.8 Å². The first kappa shape index (κ1) is 22.0. The summed E-state index contributed by atoms with van der Waals surface area (Å²) in [4.78, 5) is 12.7. The van der Waals surface area contributed by atoms with Crippen LogP contribution in [0.2, 0.25) is 0 Å². The molecule has 0 bridgehead atoms. The number of amides is 1. The van der Waals surface area contributed by atoms with Crippen molar-refractivity contribution < 1.29 is 23.1 Å². The van der Waals surface area contributed by atoms with Crippen molar-refractivity contribution >= 4 is 21.6 Å². The third-order valence-electron chi connectivity index (χ3n) is 5.14. The first-order valence-corrected chi connectivity index (χ1v) is 11.6. The number of nitrogens with one attached hydrogen (secondary N) is 2. The first-order valence-electron chi connectivity index (χ1n) is 10.1. The predicted molar refractivity (Wildman–Crippen MR) is 119 cm³/mol. The van der Waals surface area contributed by atoms with Crippen molar-refractivity contribution in [2.45, 2.75) is 31.0 Å². The van der Waals surface area contributed by atoms with Crippen molar-refractivity contribution in [1.29, 1.82) is 0 Å². The SMILES string of the molecule is C[C@@H]1CN(S(=O)(=O)c2ccc(NC(=O)c3cc(-c4ccccc4O)n[nH]3)cc2)C[C@H](C)O1. The molecule has 32 heavy (non-hydrogen) atoms. The number of aromatic amines is 1. The van der Waals surface area contributed by atoms with E-state index < -0.39 is 15.9 Å². The van der Waals surface area contributed by atoms with Crippen LogP contribution >= 0.6 is 0 Å². The fraction of sp³-hybridized carbons (Fsp3) is 0.273. The van der Waals surface area contributed by atoms with Crippen LogP contribution in [-0.4, -0.2) is 59.2 Å². The summed E-state index contributed by atoms with van der Waals surface area (Å²) in [6, 6.07) is 14.2. The lowest BCUT2D eigenvalue weighted by atomic mass is 10.1. The molecule has 1 aromatic heterocycles. The summed E-state index contributed by atoms with van der Waals surface area (Å²) in [5.41, 5.74) is 1.58. The average molecular weight is 457 g/mol. The van der Waals surface area contributed by atoms with Crippen LogP contribution in [0, 0.1) is 0 Å². The van der Waals surface area contributed by atoms with Crippen LogP contribution in [0.3, 0.4) is 0 Å².